The maximum atomic E-state index is 14.5. The van der Waals surface area contributed by atoms with E-state index < -0.39 is 34.9 Å². The van der Waals surface area contributed by atoms with Crippen LogP contribution in [0, 0.1) is 11.6 Å². The van der Waals surface area contributed by atoms with Crippen molar-refractivity contribution in [3.05, 3.63) is 83.6 Å². The summed E-state index contributed by atoms with van der Waals surface area (Å²) in [6, 6.07) is 8.31. The molecule has 0 bridgehead atoms. The predicted octanol–water partition coefficient (Wildman–Crippen LogP) is 7.85. The van der Waals surface area contributed by atoms with Gasteiger partial charge in [0.05, 0.1) is 24.2 Å². The first-order valence-electron chi connectivity index (χ1n) is 14.8. The maximum Gasteiger partial charge on any atom is 0.417 e. The van der Waals surface area contributed by atoms with Gasteiger partial charge in [-0.05, 0) is 82.7 Å². The molecule has 0 saturated carbocycles. The molecule has 1 aliphatic heterocycles. The standard InChI is InChI=1S/C32H33F5N6O4.2ClH/c1-4-16-46-20-10-11-21(22(17-20)32(35,36)37)24-18-27(47-40-24)31(30(44)45,13-5-6-14-41(2)3)42-19-38-29-26(42)12-15-43(39-29)25-9-7-8-23(33)28(25)34;;/h7-12,15,17-19,39H,4-6,13-14,16H2,1-3H3,(H,44,45);2*1H. The Morgan fingerprint density at radius 3 is 2.53 bits per heavy atom. The molecular formula is C32H35Cl2F5N6O4. The summed E-state index contributed by atoms with van der Waals surface area (Å²) in [6.45, 7) is 2.71. The smallest absolute Gasteiger partial charge is 0.417 e. The summed E-state index contributed by atoms with van der Waals surface area (Å²) in [6.07, 6.45) is 0.846. The van der Waals surface area contributed by atoms with Crippen LogP contribution in [-0.4, -0.2) is 57.9 Å². The number of halogens is 7. The molecule has 2 aromatic carbocycles. The van der Waals surface area contributed by atoms with Crippen LogP contribution in [0.1, 0.15) is 49.6 Å². The number of fused-ring (bicyclic) bond motifs is 1. The third kappa shape index (κ3) is 7.94. The lowest BCUT2D eigenvalue weighted by Crippen LogP contribution is -2.43. The minimum Gasteiger partial charge on any atom is -0.494 e. The van der Waals surface area contributed by atoms with Crippen LogP contribution in [0.25, 0.3) is 17.3 Å². The molecule has 3 heterocycles. The Morgan fingerprint density at radius 2 is 1.86 bits per heavy atom. The van der Waals surface area contributed by atoms with Gasteiger partial charge in [0.1, 0.15) is 17.1 Å². The lowest BCUT2D eigenvalue weighted by atomic mass is 9.88. The number of nitrogens with zero attached hydrogens (tertiary/aromatic N) is 5. The first kappa shape index (κ1) is 39.1. The second-order valence-corrected chi connectivity index (χ2v) is 11.3. The van der Waals surface area contributed by atoms with Gasteiger partial charge in [-0.15, -0.1) is 24.8 Å². The highest BCUT2D eigenvalue weighted by molar-refractivity contribution is 5.86. The van der Waals surface area contributed by atoms with Crippen LogP contribution in [0.4, 0.5) is 33.5 Å². The molecule has 17 heteroatoms. The lowest BCUT2D eigenvalue weighted by molar-refractivity contribution is -0.146. The second kappa shape index (κ2) is 15.9. The molecule has 2 N–H and O–H groups in total. The fourth-order valence-electron chi connectivity index (χ4n) is 5.40. The Labute approximate surface area is 291 Å². The Hall–Kier alpha value is -4.34. The lowest BCUT2D eigenvalue weighted by Gasteiger charge is -2.31. The molecule has 0 fully saturated rings. The molecule has 10 nitrogen and oxygen atoms in total. The van der Waals surface area contributed by atoms with Crippen molar-refractivity contribution >= 4 is 48.4 Å². The minimum absolute atomic E-state index is 0. The molecule has 1 aliphatic rings. The highest BCUT2D eigenvalue weighted by Crippen LogP contribution is 2.42. The monoisotopic (exact) mass is 732 g/mol. The number of anilines is 2. The van der Waals surface area contributed by atoms with Crippen molar-refractivity contribution in [2.45, 2.75) is 44.3 Å². The van der Waals surface area contributed by atoms with Crippen LogP contribution in [0.3, 0.4) is 0 Å². The van der Waals surface area contributed by atoms with E-state index in [9.17, 15) is 31.9 Å². The Bertz CT molecular complexity index is 1780. The predicted molar refractivity (Wildman–Crippen MR) is 178 cm³/mol. The van der Waals surface area contributed by atoms with Gasteiger partial charge >= 0.3 is 12.1 Å². The van der Waals surface area contributed by atoms with Crippen molar-refractivity contribution in [2.24, 2.45) is 0 Å². The largest absolute Gasteiger partial charge is 0.494 e. The van der Waals surface area contributed by atoms with Gasteiger partial charge in [0, 0.05) is 17.8 Å². The van der Waals surface area contributed by atoms with Crippen LogP contribution in [-0.2, 0) is 16.5 Å². The van der Waals surface area contributed by atoms with Gasteiger partial charge in [-0.25, -0.2) is 18.6 Å². The topological polar surface area (TPSA) is 109 Å². The van der Waals surface area contributed by atoms with E-state index in [-0.39, 0.29) is 77.8 Å². The van der Waals surface area contributed by atoms with Gasteiger partial charge in [0.25, 0.3) is 0 Å². The van der Waals surface area contributed by atoms with E-state index in [1.165, 1.54) is 58.5 Å². The van der Waals surface area contributed by atoms with Crippen molar-refractivity contribution in [1.82, 2.24) is 19.6 Å². The van der Waals surface area contributed by atoms with Crippen LogP contribution in [0.15, 0.2) is 59.5 Å². The highest BCUT2D eigenvalue weighted by Gasteiger charge is 2.48. The van der Waals surface area contributed by atoms with Crippen molar-refractivity contribution in [2.75, 3.05) is 37.7 Å². The zero-order chi connectivity index (χ0) is 33.9. The molecule has 1 unspecified atom stereocenters. The number of ether oxygens (including phenoxy) is 1. The number of unbranched alkanes of at least 4 members (excludes halogenated alkanes) is 1. The average molecular weight is 734 g/mol. The fourth-order valence-corrected chi connectivity index (χ4v) is 5.40. The van der Waals surface area contributed by atoms with E-state index in [1.807, 2.05) is 25.9 Å². The van der Waals surface area contributed by atoms with Gasteiger partial charge in [-0.2, -0.15) is 13.2 Å². The molecule has 2 aromatic heterocycles. The van der Waals surface area contributed by atoms with Crippen molar-refractivity contribution in [3.8, 4) is 17.0 Å². The van der Waals surface area contributed by atoms with Crippen molar-refractivity contribution < 1.29 is 41.1 Å². The number of benzene rings is 2. The summed E-state index contributed by atoms with van der Waals surface area (Å²) in [5.74, 6) is -3.60. The summed E-state index contributed by atoms with van der Waals surface area (Å²) in [4.78, 5) is 19.6. The minimum atomic E-state index is -4.77. The van der Waals surface area contributed by atoms with E-state index >= 15 is 0 Å². The number of hydrogen-bond acceptors (Lipinski definition) is 8. The number of aliphatic carboxylic acids is 1. The zero-order valence-corrected chi connectivity index (χ0v) is 28.3. The van der Waals surface area contributed by atoms with Crippen LogP contribution in [0.2, 0.25) is 0 Å². The maximum absolute atomic E-state index is 14.5. The fraction of sp³-hybridized carbons (Fsp3) is 0.344. The Balaban J connectivity index is 0.00000325. The first-order valence-corrected chi connectivity index (χ1v) is 14.8. The van der Waals surface area contributed by atoms with E-state index in [1.54, 1.807) is 0 Å². The summed E-state index contributed by atoms with van der Waals surface area (Å²) in [5, 5.41) is 15.9. The average Bonchev–Trinajstić information content (AvgIpc) is 3.69. The van der Waals surface area contributed by atoms with E-state index in [4.69, 9.17) is 9.26 Å². The SMILES string of the molecule is CCCOc1ccc(-c2cc(C(CCCCN(C)C)(C(=O)O)n3cnc4c3C=CN(c3cccc(F)c3F)N4)on2)c(C(F)(F)F)c1.Cl.Cl. The number of hydrogen-bond donors (Lipinski definition) is 2. The van der Waals surface area contributed by atoms with Gasteiger partial charge in [0.15, 0.2) is 23.2 Å². The molecule has 0 radical (unpaired) electrons. The summed E-state index contributed by atoms with van der Waals surface area (Å²) >= 11 is 0. The van der Waals surface area contributed by atoms with Crippen LogP contribution < -0.4 is 15.2 Å². The highest BCUT2D eigenvalue weighted by atomic mass is 35.5. The van der Waals surface area contributed by atoms with Crippen molar-refractivity contribution in [3.63, 3.8) is 0 Å². The number of carboxylic acid groups (broad SMARTS) is 1. The molecule has 0 saturated heterocycles. The summed E-state index contributed by atoms with van der Waals surface area (Å²) in [5.41, 5.74) is -0.595. The van der Waals surface area contributed by atoms with Gasteiger partial charge in [-0.1, -0.05) is 18.1 Å². The molecule has 266 valence electrons. The number of hydrazine groups is 1. The molecule has 49 heavy (non-hydrogen) atoms. The number of alkyl halides is 3. The van der Waals surface area contributed by atoms with Gasteiger partial charge < -0.3 is 23.8 Å². The molecular weight excluding hydrogens is 698 g/mol. The number of carboxylic acids is 1. The molecule has 1 atom stereocenters. The van der Waals surface area contributed by atoms with E-state index in [0.717, 1.165) is 12.1 Å². The second-order valence-electron chi connectivity index (χ2n) is 11.3. The summed E-state index contributed by atoms with van der Waals surface area (Å²) < 4.78 is 83.4. The Morgan fingerprint density at radius 1 is 1.10 bits per heavy atom. The number of nitrogens with one attached hydrogen (secondary N) is 1. The zero-order valence-electron chi connectivity index (χ0n) is 26.6. The molecule has 0 amide bonds. The van der Waals surface area contributed by atoms with Crippen LogP contribution >= 0.6 is 24.8 Å². The van der Waals surface area contributed by atoms with Crippen molar-refractivity contribution in [1.29, 1.82) is 0 Å². The van der Waals surface area contributed by atoms with Gasteiger partial charge in [-0.3, -0.25) is 10.4 Å². The van der Waals surface area contributed by atoms with Crippen LogP contribution in [0.5, 0.6) is 5.75 Å². The third-order valence-corrected chi connectivity index (χ3v) is 7.73. The number of imidazole rings is 1. The third-order valence-electron chi connectivity index (χ3n) is 7.73. The number of carbonyl (C=O) groups is 1. The Kier molecular flexibility index (Phi) is 12.7. The molecule has 0 aliphatic carbocycles. The quantitative estimate of drug-likeness (QED) is 0.105. The molecule has 4 aromatic rings. The molecule has 0 spiro atoms. The first-order chi connectivity index (χ1) is 22.4. The van der Waals surface area contributed by atoms with Gasteiger partial charge in [0.2, 0.25) is 5.54 Å². The normalized spacial score (nSPS) is 13.6. The number of rotatable bonds is 13. The van der Waals surface area contributed by atoms with E-state index in [2.05, 4.69) is 15.6 Å². The summed E-state index contributed by atoms with van der Waals surface area (Å²) in [7, 11) is 3.75. The van der Waals surface area contributed by atoms with E-state index in [0.29, 0.717) is 25.8 Å². The molecule has 5 rings (SSSR count). The number of aromatic nitrogens is 3.